The van der Waals surface area contributed by atoms with E-state index in [9.17, 15) is 13.2 Å². The Kier molecular flexibility index (Phi) is 9.86. The van der Waals surface area contributed by atoms with Gasteiger partial charge in [-0.25, -0.2) is 4.79 Å². The SMILES string of the molecule is CCNC(=O)N(C)C1(c2ccccc2)CCN(Cc2ccccc2)CC1.Cc1ccc(S(=O)(=O)O)cc1. The second-order valence-corrected chi connectivity index (χ2v) is 10.8. The number of nitrogens with zero attached hydrogens (tertiary/aromatic N) is 2. The minimum Gasteiger partial charge on any atom is -0.338 e. The normalized spacial score (nSPS) is 15.2. The first kappa shape index (κ1) is 28.4. The van der Waals surface area contributed by atoms with Gasteiger partial charge in [-0.1, -0.05) is 78.4 Å². The van der Waals surface area contributed by atoms with E-state index in [0.29, 0.717) is 6.54 Å². The number of likely N-dealkylation sites (tertiary alicyclic amines) is 1. The van der Waals surface area contributed by atoms with Gasteiger partial charge in [0.1, 0.15) is 0 Å². The summed E-state index contributed by atoms with van der Waals surface area (Å²) in [5.41, 5.74) is 3.29. The van der Waals surface area contributed by atoms with Crippen molar-refractivity contribution in [2.45, 2.75) is 43.7 Å². The molecule has 0 saturated carbocycles. The lowest BCUT2D eigenvalue weighted by Crippen LogP contribution is -2.55. The molecule has 0 spiro atoms. The number of urea groups is 1. The van der Waals surface area contributed by atoms with Gasteiger partial charge < -0.3 is 10.2 Å². The molecule has 0 radical (unpaired) electrons. The number of rotatable bonds is 6. The summed E-state index contributed by atoms with van der Waals surface area (Å²) in [6.07, 6.45) is 1.88. The van der Waals surface area contributed by atoms with Gasteiger partial charge in [0.15, 0.2) is 0 Å². The van der Waals surface area contributed by atoms with Crippen LogP contribution < -0.4 is 5.32 Å². The van der Waals surface area contributed by atoms with Crippen LogP contribution in [0.4, 0.5) is 4.79 Å². The molecule has 3 aromatic carbocycles. The Labute approximate surface area is 220 Å². The Morgan fingerprint density at radius 1 is 0.946 bits per heavy atom. The average molecular weight is 524 g/mol. The molecular formula is C29H37N3O4S. The number of amides is 2. The second-order valence-electron chi connectivity index (χ2n) is 9.34. The largest absolute Gasteiger partial charge is 0.338 e. The van der Waals surface area contributed by atoms with Crippen molar-refractivity contribution in [3.8, 4) is 0 Å². The fourth-order valence-electron chi connectivity index (χ4n) is 4.66. The highest BCUT2D eigenvalue weighted by molar-refractivity contribution is 7.85. The third-order valence-corrected chi connectivity index (χ3v) is 7.70. The maximum atomic E-state index is 12.6. The molecule has 1 aliphatic rings. The monoisotopic (exact) mass is 523 g/mol. The van der Waals surface area contributed by atoms with Crippen molar-refractivity contribution in [1.82, 2.24) is 15.1 Å². The number of carbonyl (C=O) groups is 1. The molecule has 37 heavy (non-hydrogen) atoms. The van der Waals surface area contributed by atoms with Gasteiger partial charge in [-0.2, -0.15) is 8.42 Å². The molecule has 0 aliphatic carbocycles. The lowest BCUT2D eigenvalue weighted by atomic mass is 9.79. The van der Waals surface area contributed by atoms with Crippen LogP contribution in [-0.4, -0.2) is 55.5 Å². The predicted molar refractivity (Wildman–Crippen MR) is 147 cm³/mol. The Morgan fingerprint density at radius 3 is 2.00 bits per heavy atom. The summed E-state index contributed by atoms with van der Waals surface area (Å²) in [7, 11) is -2.08. The molecule has 0 atom stereocenters. The van der Waals surface area contributed by atoms with E-state index in [0.717, 1.165) is 38.0 Å². The third-order valence-electron chi connectivity index (χ3n) is 6.84. The standard InChI is InChI=1S/C22H29N3O.C7H8O3S/c1-3-23-21(26)24(2)22(20-12-8-5-9-13-20)14-16-25(17-15-22)18-19-10-6-4-7-11-19;1-6-2-4-7(5-3-6)11(8,9)10/h4-13H,3,14-18H2,1-2H3,(H,23,26);2-5H,1H3,(H,8,9,10). The van der Waals surface area contributed by atoms with Crippen LogP contribution in [-0.2, 0) is 22.2 Å². The minimum atomic E-state index is -4.02. The third kappa shape index (κ3) is 7.64. The van der Waals surface area contributed by atoms with Crippen LogP contribution in [0.15, 0.2) is 89.8 Å². The van der Waals surface area contributed by atoms with Crippen LogP contribution in [0, 0.1) is 6.92 Å². The van der Waals surface area contributed by atoms with Crippen molar-refractivity contribution in [3.63, 3.8) is 0 Å². The lowest BCUT2D eigenvalue weighted by Gasteiger charge is -2.47. The molecule has 0 unspecified atom stereocenters. The van der Waals surface area contributed by atoms with Crippen LogP contribution in [0.1, 0.15) is 36.5 Å². The van der Waals surface area contributed by atoms with Gasteiger partial charge in [0, 0.05) is 33.2 Å². The van der Waals surface area contributed by atoms with Crippen LogP contribution in [0.3, 0.4) is 0 Å². The van der Waals surface area contributed by atoms with Crippen molar-refractivity contribution >= 4 is 16.1 Å². The van der Waals surface area contributed by atoms with E-state index in [-0.39, 0.29) is 16.5 Å². The van der Waals surface area contributed by atoms with Crippen molar-refractivity contribution in [1.29, 1.82) is 0 Å². The van der Waals surface area contributed by atoms with Crippen molar-refractivity contribution in [2.75, 3.05) is 26.7 Å². The molecule has 1 saturated heterocycles. The van der Waals surface area contributed by atoms with E-state index in [4.69, 9.17) is 4.55 Å². The first-order valence-electron chi connectivity index (χ1n) is 12.5. The fourth-order valence-corrected chi connectivity index (χ4v) is 5.14. The first-order chi connectivity index (χ1) is 17.7. The Morgan fingerprint density at radius 2 is 1.49 bits per heavy atom. The van der Waals surface area contributed by atoms with Gasteiger partial charge in [0.25, 0.3) is 10.1 Å². The molecular weight excluding hydrogens is 486 g/mol. The molecule has 0 aromatic heterocycles. The van der Waals surface area contributed by atoms with Crippen molar-refractivity contribution in [3.05, 3.63) is 102 Å². The van der Waals surface area contributed by atoms with E-state index >= 15 is 0 Å². The highest BCUT2D eigenvalue weighted by atomic mass is 32.2. The van der Waals surface area contributed by atoms with Crippen molar-refractivity contribution < 1.29 is 17.8 Å². The summed E-state index contributed by atoms with van der Waals surface area (Å²) in [4.78, 5) is 16.9. The van der Waals surface area contributed by atoms with E-state index in [1.165, 1.54) is 23.3 Å². The number of aryl methyl sites for hydroxylation is 1. The zero-order valence-corrected chi connectivity index (χ0v) is 22.6. The van der Waals surface area contributed by atoms with Gasteiger partial charge in [-0.05, 0) is 49.9 Å². The number of hydrogen-bond donors (Lipinski definition) is 2. The Hall–Kier alpha value is -3.20. The highest BCUT2D eigenvalue weighted by Crippen LogP contribution is 2.38. The van der Waals surface area contributed by atoms with Crippen LogP contribution >= 0.6 is 0 Å². The van der Waals surface area contributed by atoms with Gasteiger partial charge in [0.2, 0.25) is 0 Å². The van der Waals surface area contributed by atoms with Gasteiger partial charge in [-0.15, -0.1) is 0 Å². The minimum absolute atomic E-state index is 0.00728. The Balaban J connectivity index is 0.000000289. The molecule has 198 valence electrons. The van der Waals surface area contributed by atoms with Crippen LogP contribution in [0.2, 0.25) is 0 Å². The van der Waals surface area contributed by atoms with Gasteiger partial charge >= 0.3 is 6.03 Å². The topological polar surface area (TPSA) is 90.0 Å². The number of carbonyl (C=O) groups excluding carboxylic acids is 1. The van der Waals surface area contributed by atoms with E-state index in [2.05, 4.69) is 64.8 Å². The second kappa shape index (κ2) is 12.9. The molecule has 1 aliphatic heterocycles. The molecule has 0 bridgehead atoms. The first-order valence-corrected chi connectivity index (χ1v) is 14.0. The van der Waals surface area contributed by atoms with Crippen molar-refractivity contribution in [2.24, 2.45) is 0 Å². The lowest BCUT2D eigenvalue weighted by molar-refractivity contribution is 0.0552. The average Bonchev–Trinajstić information content (AvgIpc) is 2.90. The number of piperidine rings is 1. The molecule has 1 heterocycles. The molecule has 2 N–H and O–H groups in total. The molecule has 3 aromatic rings. The quantitative estimate of drug-likeness (QED) is 0.440. The molecule has 7 nitrogen and oxygen atoms in total. The number of nitrogens with one attached hydrogen (secondary N) is 1. The molecule has 4 rings (SSSR count). The summed E-state index contributed by atoms with van der Waals surface area (Å²) in [6.45, 7) is 7.38. The summed E-state index contributed by atoms with van der Waals surface area (Å²) >= 11 is 0. The summed E-state index contributed by atoms with van der Waals surface area (Å²) in [5, 5.41) is 2.96. The van der Waals surface area contributed by atoms with Crippen LogP contribution in [0.5, 0.6) is 0 Å². The summed E-state index contributed by atoms with van der Waals surface area (Å²) in [5.74, 6) is 0. The Bertz CT molecular complexity index is 1230. The van der Waals surface area contributed by atoms with E-state index < -0.39 is 10.1 Å². The molecule has 2 amide bonds. The number of benzene rings is 3. The predicted octanol–water partition coefficient (Wildman–Crippen LogP) is 5.08. The van der Waals surface area contributed by atoms with E-state index in [1.54, 1.807) is 12.1 Å². The summed E-state index contributed by atoms with van der Waals surface area (Å²) < 4.78 is 29.6. The maximum absolute atomic E-state index is 12.6. The van der Waals surface area contributed by atoms with E-state index in [1.807, 2.05) is 31.9 Å². The highest BCUT2D eigenvalue weighted by Gasteiger charge is 2.41. The summed E-state index contributed by atoms with van der Waals surface area (Å²) in [6, 6.07) is 27.1. The van der Waals surface area contributed by atoms with Gasteiger partial charge in [-0.3, -0.25) is 9.45 Å². The zero-order valence-electron chi connectivity index (χ0n) is 21.8. The fraction of sp³-hybridized carbons (Fsp3) is 0.345. The number of hydrogen-bond acceptors (Lipinski definition) is 4. The van der Waals surface area contributed by atoms with Crippen LogP contribution in [0.25, 0.3) is 0 Å². The maximum Gasteiger partial charge on any atom is 0.317 e. The zero-order chi connectivity index (χ0) is 26.9. The molecule has 8 heteroatoms. The smallest absolute Gasteiger partial charge is 0.317 e. The molecule has 1 fully saturated rings. The van der Waals surface area contributed by atoms with Gasteiger partial charge in [0.05, 0.1) is 10.4 Å².